The maximum atomic E-state index is 13.2. The van der Waals surface area contributed by atoms with Crippen LogP contribution in [0.5, 0.6) is 0 Å². The van der Waals surface area contributed by atoms with Crippen molar-refractivity contribution >= 4 is 17.8 Å². The van der Waals surface area contributed by atoms with Crippen molar-refractivity contribution in [3.63, 3.8) is 0 Å². The number of esters is 1. The van der Waals surface area contributed by atoms with E-state index in [0.29, 0.717) is 4.90 Å². The van der Waals surface area contributed by atoms with Gasteiger partial charge in [0, 0.05) is 6.54 Å². The fourth-order valence-electron chi connectivity index (χ4n) is 1.84. The number of carbonyl (C=O) groups is 3. The van der Waals surface area contributed by atoms with E-state index in [1.807, 2.05) is 0 Å². The Morgan fingerprint density at radius 3 is 2.61 bits per heavy atom. The van der Waals surface area contributed by atoms with Crippen LogP contribution in [0.1, 0.15) is 6.92 Å². The molecule has 2 amide bonds. The van der Waals surface area contributed by atoms with Gasteiger partial charge in [0.15, 0.2) is 0 Å². The predicted molar refractivity (Wildman–Crippen MR) is 66.9 cm³/mol. The van der Waals surface area contributed by atoms with Crippen molar-refractivity contribution in [2.75, 3.05) is 32.9 Å². The molecule has 0 aromatic heterocycles. The average Bonchev–Trinajstić information content (AvgIpc) is 2.52. The molecule has 0 spiro atoms. The number of halogens is 4. The molecular weight excluding hydrogens is 328 g/mol. The lowest BCUT2D eigenvalue weighted by atomic mass is 10.1. The molecule has 1 N–H and O–H groups in total. The van der Waals surface area contributed by atoms with E-state index in [1.54, 1.807) is 6.92 Å². The molecule has 0 aliphatic carbocycles. The zero-order valence-electron chi connectivity index (χ0n) is 12.2. The molecule has 23 heavy (non-hydrogen) atoms. The lowest BCUT2D eigenvalue weighted by Gasteiger charge is -2.36. The minimum Gasteiger partial charge on any atom is -0.465 e. The van der Waals surface area contributed by atoms with E-state index in [1.165, 1.54) is 0 Å². The molecule has 11 heteroatoms. The molecule has 0 aromatic carbocycles. The summed E-state index contributed by atoms with van der Waals surface area (Å²) in [5.41, 5.74) is 0. The summed E-state index contributed by atoms with van der Waals surface area (Å²) in [7, 11) is 0. The zero-order valence-corrected chi connectivity index (χ0v) is 12.2. The first kappa shape index (κ1) is 19.1. The lowest BCUT2D eigenvalue weighted by Crippen LogP contribution is -2.60. The molecule has 0 radical (unpaired) electrons. The van der Waals surface area contributed by atoms with Gasteiger partial charge < -0.3 is 19.7 Å². The first-order valence-corrected chi connectivity index (χ1v) is 6.69. The van der Waals surface area contributed by atoms with E-state index in [0.717, 1.165) is 0 Å². The average molecular weight is 344 g/mol. The standard InChI is InChI=1S/C12H16F4N2O5/c1-2-23-8(19)5-17-9(20)7-6-22-4-3-18(7)11(21)12(15,16)10(13)14/h7,10H,2-6H2,1H3,(H,17,20). The fraction of sp³-hybridized carbons (Fsp3) is 0.750. The Morgan fingerprint density at radius 1 is 1.39 bits per heavy atom. The van der Waals surface area contributed by atoms with Crippen LogP contribution in [0.15, 0.2) is 0 Å². The van der Waals surface area contributed by atoms with Gasteiger partial charge in [-0.15, -0.1) is 0 Å². The van der Waals surface area contributed by atoms with E-state index in [9.17, 15) is 31.9 Å². The molecule has 0 aromatic rings. The Kier molecular flexibility index (Phi) is 6.73. The molecule has 1 saturated heterocycles. The van der Waals surface area contributed by atoms with Crippen LogP contribution in [-0.4, -0.2) is 74.0 Å². The highest BCUT2D eigenvalue weighted by molar-refractivity contribution is 5.92. The van der Waals surface area contributed by atoms with Crippen molar-refractivity contribution in [3.05, 3.63) is 0 Å². The third-order valence-corrected chi connectivity index (χ3v) is 2.96. The third-order valence-electron chi connectivity index (χ3n) is 2.96. The van der Waals surface area contributed by atoms with Gasteiger partial charge in [-0.05, 0) is 6.92 Å². The number of hydrogen-bond acceptors (Lipinski definition) is 5. The Hall–Kier alpha value is -1.91. The van der Waals surface area contributed by atoms with E-state index in [2.05, 4.69) is 10.1 Å². The van der Waals surface area contributed by atoms with Crippen LogP contribution in [-0.2, 0) is 23.9 Å². The first-order chi connectivity index (χ1) is 10.7. The number of nitrogens with zero attached hydrogens (tertiary/aromatic N) is 1. The molecule has 1 atom stereocenters. The van der Waals surface area contributed by atoms with Crippen LogP contribution in [0.3, 0.4) is 0 Å². The number of ether oxygens (including phenoxy) is 2. The number of rotatable bonds is 6. The Balaban J connectivity index is 2.76. The minimum absolute atomic E-state index is 0.0759. The van der Waals surface area contributed by atoms with E-state index < -0.39 is 55.9 Å². The van der Waals surface area contributed by atoms with Gasteiger partial charge in [0.05, 0.1) is 19.8 Å². The van der Waals surface area contributed by atoms with Crippen LogP contribution < -0.4 is 5.32 Å². The number of nitrogens with one attached hydrogen (secondary N) is 1. The van der Waals surface area contributed by atoms with Crippen LogP contribution in [0.2, 0.25) is 0 Å². The number of carbonyl (C=O) groups excluding carboxylic acids is 3. The molecule has 1 heterocycles. The second kappa shape index (κ2) is 8.09. The second-order valence-electron chi connectivity index (χ2n) is 4.54. The van der Waals surface area contributed by atoms with Gasteiger partial charge in [0.25, 0.3) is 5.91 Å². The molecule has 132 valence electrons. The fourth-order valence-corrected chi connectivity index (χ4v) is 1.84. The highest BCUT2D eigenvalue weighted by Gasteiger charge is 2.53. The molecule has 0 saturated carbocycles. The Labute approximate surface area is 128 Å². The van der Waals surface area contributed by atoms with Gasteiger partial charge >= 0.3 is 18.3 Å². The van der Waals surface area contributed by atoms with Crippen LogP contribution in [0, 0.1) is 0 Å². The van der Waals surface area contributed by atoms with Crippen LogP contribution in [0.4, 0.5) is 17.6 Å². The maximum absolute atomic E-state index is 13.2. The molecule has 1 fully saturated rings. The molecule has 0 bridgehead atoms. The highest BCUT2D eigenvalue weighted by Crippen LogP contribution is 2.27. The molecule has 7 nitrogen and oxygen atoms in total. The van der Waals surface area contributed by atoms with E-state index >= 15 is 0 Å². The summed E-state index contributed by atoms with van der Waals surface area (Å²) in [6.07, 6.45) is -4.19. The van der Waals surface area contributed by atoms with Gasteiger partial charge in [-0.25, -0.2) is 8.78 Å². The van der Waals surface area contributed by atoms with Crippen LogP contribution in [0.25, 0.3) is 0 Å². The SMILES string of the molecule is CCOC(=O)CNC(=O)C1COCCN1C(=O)C(F)(F)C(F)F. The van der Waals surface area contributed by atoms with Crippen molar-refractivity contribution in [2.24, 2.45) is 0 Å². The van der Waals surface area contributed by atoms with E-state index in [4.69, 9.17) is 4.74 Å². The summed E-state index contributed by atoms with van der Waals surface area (Å²) >= 11 is 0. The molecule has 1 aliphatic rings. The smallest absolute Gasteiger partial charge is 0.383 e. The van der Waals surface area contributed by atoms with Crippen molar-refractivity contribution in [3.8, 4) is 0 Å². The monoisotopic (exact) mass is 344 g/mol. The third kappa shape index (κ3) is 4.78. The van der Waals surface area contributed by atoms with Crippen molar-refractivity contribution in [2.45, 2.75) is 25.3 Å². The highest BCUT2D eigenvalue weighted by atomic mass is 19.3. The summed E-state index contributed by atoms with van der Waals surface area (Å²) in [6, 6.07) is -1.53. The van der Waals surface area contributed by atoms with Crippen molar-refractivity contribution < 1.29 is 41.4 Å². The largest absolute Gasteiger partial charge is 0.465 e. The van der Waals surface area contributed by atoms with Gasteiger partial charge in [-0.1, -0.05) is 0 Å². The topological polar surface area (TPSA) is 84.9 Å². The van der Waals surface area contributed by atoms with Gasteiger partial charge in [0.1, 0.15) is 12.6 Å². The zero-order chi connectivity index (χ0) is 17.6. The van der Waals surface area contributed by atoms with E-state index in [-0.39, 0.29) is 13.2 Å². The number of amides is 2. The Morgan fingerprint density at radius 2 is 2.04 bits per heavy atom. The van der Waals surface area contributed by atoms with Gasteiger partial charge in [0.2, 0.25) is 5.91 Å². The molecule has 1 rings (SSSR count). The second-order valence-corrected chi connectivity index (χ2v) is 4.54. The predicted octanol–water partition coefficient (Wildman–Crippen LogP) is -0.207. The lowest BCUT2D eigenvalue weighted by molar-refractivity contribution is -0.188. The quantitative estimate of drug-likeness (QED) is 0.533. The van der Waals surface area contributed by atoms with Crippen molar-refractivity contribution in [1.82, 2.24) is 10.2 Å². The van der Waals surface area contributed by atoms with Gasteiger partial charge in [-0.2, -0.15) is 8.78 Å². The summed E-state index contributed by atoms with van der Waals surface area (Å²) < 4.78 is 60.4. The first-order valence-electron chi connectivity index (χ1n) is 6.69. The summed E-state index contributed by atoms with van der Waals surface area (Å²) in [6.45, 7) is 0.00942. The summed E-state index contributed by atoms with van der Waals surface area (Å²) in [4.78, 5) is 34.9. The minimum atomic E-state index is -4.91. The molecular formula is C12H16F4N2O5. The number of morpholine rings is 1. The number of hydrogen-bond donors (Lipinski definition) is 1. The summed E-state index contributed by atoms with van der Waals surface area (Å²) in [5.74, 6) is -8.81. The number of alkyl halides is 4. The summed E-state index contributed by atoms with van der Waals surface area (Å²) in [5, 5.41) is 2.08. The van der Waals surface area contributed by atoms with Gasteiger partial charge in [-0.3, -0.25) is 14.4 Å². The molecule has 1 aliphatic heterocycles. The molecule has 1 unspecified atom stereocenters. The van der Waals surface area contributed by atoms with Crippen molar-refractivity contribution in [1.29, 1.82) is 0 Å². The Bertz CT molecular complexity index is 461. The maximum Gasteiger partial charge on any atom is 0.383 e. The van der Waals surface area contributed by atoms with Crippen LogP contribution >= 0.6 is 0 Å². The normalized spacial score (nSPS) is 18.7.